The normalized spacial score (nSPS) is 20.3. The molecule has 6 heteroatoms. The predicted octanol–water partition coefficient (Wildman–Crippen LogP) is 1.63. The number of carbonyl (C=O) groups excluding carboxylic acids is 1. The molecule has 0 aliphatic carbocycles. The number of likely N-dealkylation sites (tertiary alicyclic amines) is 1. The van der Waals surface area contributed by atoms with E-state index in [1.807, 2.05) is 18.7 Å². The molecule has 0 bridgehead atoms. The fraction of sp³-hybridized carbons (Fsp3) is 0.667. The summed E-state index contributed by atoms with van der Waals surface area (Å²) in [4.78, 5) is 13.9. The first-order chi connectivity index (χ1) is 8.54. The Morgan fingerprint density at radius 2 is 2.33 bits per heavy atom. The van der Waals surface area contributed by atoms with Crippen LogP contribution in [-0.4, -0.2) is 40.3 Å². The van der Waals surface area contributed by atoms with Gasteiger partial charge in [0.15, 0.2) is 0 Å². The number of hydrogen-bond donors (Lipinski definition) is 0. The fourth-order valence-corrected chi connectivity index (χ4v) is 2.92. The summed E-state index contributed by atoms with van der Waals surface area (Å²) in [6.07, 6.45) is 1.91. The van der Waals surface area contributed by atoms with Gasteiger partial charge in [-0.2, -0.15) is 5.10 Å². The maximum atomic E-state index is 11.7. The zero-order valence-corrected chi connectivity index (χ0v) is 12.5. The van der Waals surface area contributed by atoms with E-state index in [-0.39, 0.29) is 12.0 Å². The van der Waals surface area contributed by atoms with Crippen molar-refractivity contribution < 1.29 is 9.53 Å². The third-order valence-corrected chi connectivity index (χ3v) is 4.48. The van der Waals surface area contributed by atoms with Crippen molar-refractivity contribution >= 4 is 21.9 Å². The van der Waals surface area contributed by atoms with Crippen LogP contribution in [0.15, 0.2) is 4.47 Å². The van der Waals surface area contributed by atoms with Crippen molar-refractivity contribution in [3.8, 4) is 0 Å². The third kappa shape index (κ3) is 2.44. The Hall–Kier alpha value is -0.880. The molecule has 1 aliphatic rings. The standard InChI is InChI=1S/C12H18BrN3O2/c1-8-11(13)10(15(2)14-8)7-16-6-4-5-9(16)12(17)18-3/h9H,4-7H2,1-3H3. The molecule has 0 N–H and O–H groups in total. The molecule has 1 aromatic heterocycles. The summed E-state index contributed by atoms with van der Waals surface area (Å²) in [6.45, 7) is 3.61. The summed E-state index contributed by atoms with van der Waals surface area (Å²) in [5.74, 6) is -0.137. The van der Waals surface area contributed by atoms with Crippen LogP contribution in [0.5, 0.6) is 0 Å². The SMILES string of the molecule is COC(=O)C1CCCN1Cc1c(Br)c(C)nn1C. The number of carbonyl (C=O) groups is 1. The Bertz CT molecular complexity index is 458. The summed E-state index contributed by atoms with van der Waals surface area (Å²) in [5, 5.41) is 4.37. The van der Waals surface area contributed by atoms with Crippen LogP contribution in [0.4, 0.5) is 0 Å². The molecule has 1 aromatic rings. The highest BCUT2D eigenvalue weighted by Gasteiger charge is 2.32. The minimum absolute atomic E-state index is 0.114. The van der Waals surface area contributed by atoms with E-state index < -0.39 is 0 Å². The van der Waals surface area contributed by atoms with Gasteiger partial charge in [-0.05, 0) is 42.2 Å². The summed E-state index contributed by atoms with van der Waals surface area (Å²) in [7, 11) is 3.37. The Labute approximate surface area is 115 Å². The van der Waals surface area contributed by atoms with E-state index >= 15 is 0 Å². The molecule has 0 amide bonds. The maximum Gasteiger partial charge on any atom is 0.323 e. The van der Waals surface area contributed by atoms with Gasteiger partial charge in [0.25, 0.3) is 0 Å². The molecule has 5 nitrogen and oxygen atoms in total. The summed E-state index contributed by atoms with van der Waals surface area (Å²) in [5.41, 5.74) is 2.07. The van der Waals surface area contributed by atoms with Gasteiger partial charge in [0, 0.05) is 13.6 Å². The van der Waals surface area contributed by atoms with Crippen molar-refractivity contribution in [2.75, 3.05) is 13.7 Å². The van der Waals surface area contributed by atoms with Crippen LogP contribution in [0.3, 0.4) is 0 Å². The molecular weight excluding hydrogens is 298 g/mol. The average Bonchev–Trinajstić information content (AvgIpc) is 2.89. The van der Waals surface area contributed by atoms with E-state index in [0.717, 1.165) is 41.8 Å². The topological polar surface area (TPSA) is 47.4 Å². The van der Waals surface area contributed by atoms with Crippen LogP contribution in [0, 0.1) is 6.92 Å². The van der Waals surface area contributed by atoms with Gasteiger partial charge in [-0.1, -0.05) is 0 Å². The van der Waals surface area contributed by atoms with E-state index in [4.69, 9.17) is 4.74 Å². The second kappa shape index (κ2) is 5.40. The Morgan fingerprint density at radius 1 is 1.61 bits per heavy atom. The molecule has 1 aliphatic heterocycles. The molecule has 1 saturated heterocycles. The van der Waals surface area contributed by atoms with Crippen molar-refractivity contribution in [2.45, 2.75) is 32.4 Å². The Morgan fingerprint density at radius 3 is 2.89 bits per heavy atom. The first kappa shape index (κ1) is 13.5. The summed E-state index contributed by atoms with van der Waals surface area (Å²) >= 11 is 3.56. The van der Waals surface area contributed by atoms with E-state index in [0.29, 0.717) is 0 Å². The van der Waals surface area contributed by atoms with E-state index in [2.05, 4.69) is 25.9 Å². The van der Waals surface area contributed by atoms with Crippen LogP contribution in [0.2, 0.25) is 0 Å². The first-order valence-electron chi connectivity index (χ1n) is 6.04. The lowest BCUT2D eigenvalue weighted by atomic mass is 10.2. The number of aryl methyl sites for hydroxylation is 2. The van der Waals surface area contributed by atoms with Crippen LogP contribution < -0.4 is 0 Å². The number of hydrogen-bond acceptors (Lipinski definition) is 4. The lowest BCUT2D eigenvalue weighted by Crippen LogP contribution is -2.36. The Kier molecular flexibility index (Phi) is 4.07. The minimum atomic E-state index is -0.137. The van der Waals surface area contributed by atoms with Gasteiger partial charge in [-0.3, -0.25) is 14.4 Å². The highest BCUT2D eigenvalue weighted by atomic mass is 79.9. The number of methoxy groups -OCH3 is 1. The Balaban J connectivity index is 2.15. The van der Waals surface area contributed by atoms with Crippen molar-refractivity contribution in [3.63, 3.8) is 0 Å². The van der Waals surface area contributed by atoms with E-state index in [1.165, 1.54) is 7.11 Å². The quantitative estimate of drug-likeness (QED) is 0.795. The van der Waals surface area contributed by atoms with Crippen molar-refractivity contribution in [1.29, 1.82) is 0 Å². The highest BCUT2D eigenvalue weighted by molar-refractivity contribution is 9.10. The molecule has 18 heavy (non-hydrogen) atoms. The minimum Gasteiger partial charge on any atom is -0.468 e. The molecule has 1 unspecified atom stereocenters. The first-order valence-corrected chi connectivity index (χ1v) is 6.83. The van der Waals surface area contributed by atoms with Gasteiger partial charge in [0.2, 0.25) is 0 Å². The molecule has 0 radical (unpaired) electrons. The number of halogens is 1. The number of aromatic nitrogens is 2. The van der Waals surface area contributed by atoms with Crippen LogP contribution in [-0.2, 0) is 23.1 Å². The molecule has 0 spiro atoms. The molecule has 0 saturated carbocycles. The molecule has 0 aromatic carbocycles. The number of nitrogens with zero attached hydrogens (tertiary/aromatic N) is 3. The van der Waals surface area contributed by atoms with Crippen LogP contribution >= 0.6 is 15.9 Å². The second-order valence-corrected chi connectivity index (χ2v) is 5.41. The van der Waals surface area contributed by atoms with Gasteiger partial charge in [0.05, 0.1) is 23.0 Å². The lowest BCUT2D eigenvalue weighted by molar-refractivity contribution is -0.146. The zero-order chi connectivity index (χ0) is 13.3. The van der Waals surface area contributed by atoms with Gasteiger partial charge in [0.1, 0.15) is 6.04 Å². The number of rotatable bonds is 3. The number of esters is 1. The van der Waals surface area contributed by atoms with Gasteiger partial charge < -0.3 is 4.74 Å². The molecule has 1 fully saturated rings. The largest absolute Gasteiger partial charge is 0.468 e. The molecular formula is C12H18BrN3O2. The molecule has 2 heterocycles. The zero-order valence-electron chi connectivity index (χ0n) is 10.9. The molecule has 100 valence electrons. The summed E-state index contributed by atoms with van der Waals surface area (Å²) in [6, 6.07) is -0.114. The average molecular weight is 316 g/mol. The fourth-order valence-electron chi connectivity index (χ4n) is 2.46. The molecule has 1 atom stereocenters. The lowest BCUT2D eigenvalue weighted by Gasteiger charge is -2.22. The number of ether oxygens (including phenoxy) is 1. The predicted molar refractivity (Wildman–Crippen MR) is 71.1 cm³/mol. The van der Waals surface area contributed by atoms with Crippen molar-refractivity contribution in [1.82, 2.24) is 14.7 Å². The molecule has 2 rings (SSSR count). The van der Waals surface area contributed by atoms with Crippen molar-refractivity contribution in [3.05, 3.63) is 15.9 Å². The van der Waals surface area contributed by atoms with E-state index in [1.54, 1.807) is 0 Å². The maximum absolute atomic E-state index is 11.7. The van der Waals surface area contributed by atoms with Gasteiger partial charge in [-0.25, -0.2) is 0 Å². The second-order valence-electron chi connectivity index (χ2n) is 4.62. The van der Waals surface area contributed by atoms with Crippen LogP contribution in [0.1, 0.15) is 24.2 Å². The van der Waals surface area contributed by atoms with E-state index in [9.17, 15) is 4.79 Å². The van der Waals surface area contributed by atoms with Gasteiger partial charge in [-0.15, -0.1) is 0 Å². The smallest absolute Gasteiger partial charge is 0.323 e. The summed E-state index contributed by atoms with van der Waals surface area (Å²) < 4.78 is 7.75. The highest BCUT2D eigenvalue weighted by Crippen LogP contribution is 2.26. The van der Waals surface area contributed by atoms with Crippen molar-refractivity contribution in [2.24, 2.45) is 7.05 Å². The monoisotopic (exact) mass is 315 g/mol. The third-order valence-electron chi connectivity index (χ3n) is 3.45. The van der Waals surface area contributed by atoms with Gasteiger partial charge >= 0.3 is 5.97 Å². The van der Waals surface area contributed by atoms with Crippen LogP contribution in [0.25, 0.3) is 0 Å².